The van der Waals surface area contributed by atoms with Crippen molar-refractivity contribution in [2.24, 2.45) is 0 Å². The molecule has 0 amide bonds. The van der Waals surface area contributed by atoms with Gasteiger partial charge in [-0.15, -0.1) is 0 Å². The first kappa shape index (κ1) is 23.5. The van der Waals surface area contributed by atoms with Gasteiger partial charge in [0.05, 0.1) is 19.8 Å². The molecule has 0 aliphatic carbocycles. The van der Waals surface area contributed by atoms with Gasteiger partial charge >= 0.3 is 0 Å². The van der Waals surface area contributed by atoms with Crippen molar-refractivity contribution in [2.75, 3.05) is 14.2 Å². The molecule has 0 radical (unpaired) electrons. The Balaban J connectivity index is 1.79. The highest BCUT2D eigenvalue weighted by atomic mass is 16.5. The van der Waals surface area contributed by atoms with Gasteiger partial charge in [0.1, 0.15) is 17.1 Å². The molecule has 5 nitrogen and oxygen atoms in total. The Morgan fingerprint density at radius 2 is 1.94 bits per heavy atom. The van der Waals surface area contributed by atoms with Crippen molar-refractivity contribution >= 4 is 11.9 Å². The number of ether oxygens (including phenoxy) is 3. The molecule has 1 aliphatic rings. The fraction of sp³-hybridized carbons (Fsp3) is 0.370. The van der Waals surface area contributed by atoms with E-state index in [-0.39, 0.29) is 18.0 Å². The molecule has 0 saturated heterocycles. The summed E-state index contributed by atoms with van der Waals surface area (Å²) in [6.45, 7) is 6.27. The predicted octanol–water partition coefficient (Wildman–Crippen LogP) is 6.14. The van der Waals surface area contributed by atoms with Crippen molar-refractivity contribution in [1.29, 1.82) is 0 Å². The standard InChI is InChI=1S/C27H32O5/c1-18(2)7-6-15-27(3)16-14-21-19(9-13-25(31-5)26(21)32-27)8-12-23(28)22-11-10-20(30-4)17-24(22)29/h7,9-11,13-14,16-17,29H,6,8,12,15H2,1-5H3. The van der Waals surface area contributed by atoms with Crippen molar-refractivity contribution in [3.05, 3.63) is 64.7 Å². The minimum absolute atomic E-state index is 0.0681. The summed E-state index contributed by atoms with van der Waals surface area (Å²) in [4.78, 5) is 12.7. The molecule has 1 N–H and O–H groups in total. The Morgan fingerprint density at radius 1 is 1.16 bits per heavy atom. The number of Topliss-reactive ketones (excluding diaryl/α,β-unsaturated/α-hetero) is 1. The third-order valence-corrected chi connectivity index (χ3v) is 5.73. The van der Waals surface area contributed by atoms with Gasteiger partial charge in [-0.25, -0.2) is 0 Å². The number of allylic oxidation sites excluding steroid dienone is 2. The maximum Gasteiger partial charge on any atom is 0.169 e. The number of hydrogen-bond donors (Lipinski definition) is 1. The van der Waals surface area contributed by atoms with Crippen LogP contribution >= 0.6 is 0 Å². The van der Waals surface area contributed by atoms with Gasteiger partial charge in [-0.05, 0) is 69.9 Å². The van der Waals surface area contributed by atoms with Crippen LogP contribution < -0.4 is 14.2 Å². The summed E-state index contributed by atoms with van der Waals surface area (Å²) in [7, 11) is 3.15. The maximum atomic E-state index is 12.7. The molecule has 0 aromatic heterocycles. The number of rotatable bonds is 9. The molecule has 0 fully saturated rings. The second-order valence-corrected chi connectivity index (χ2v) is 8.54. The van der Waals surface area contributed by atoms with Crippen molar-refractivity contribution in [3.8, 4) is 23.0 Å². The number of ketones is 1. The molecule has 0 saturated carbocycles. The van der Waals surface area contributed by atoms with Crippen LogP contribution in [0.1, 0.15) is 61.5 Å². The second kappa shape index (κ2) is 9.94. The number of hydrogen-bond acceptors (Lipinski definition) is 5. The lowest BCUT2D eigenvalue weighted by Crippen LogP contribution is -2.32. The number of methoxy groups -OCH3 is 2. The number of aryl methyl sites for hydroxylation is 1. The Labute approximate surface area is 190 Å². The summed E-state index contributed by atoms with van der Waals surface area (Å²) in [6, 6.07) is 8.59. The van der Waals surface area contributed by atoms with Gasteiger partial charge in [-0.3, -0.25) is 4.79 Å². The van der Waals surface area contributed by atoms with E-state index in [1.54, 1.807) is 19.2 Å². The van der Waals surface area contributed by atoms with Crippen molar-refractivity contribution in [2.45, 2.75) is 52.1 Å². The quantitative estimate of drug-likeness (QED) is 0.378. The van der Waals surface area contributed by atoms with Crippen LogP contribution in [0.15, 0.2) is 48.1 Å². The van der Waals surface area contributed by atoms with Crippen molar-refractivity contribution in [1.82, 2.24) is 0 Å². The van der Waals surface area contributed by atoms with Gasteiger partial charge in [0.25, 0.3) is 0 Å². The molecule has 0 bridgehead atoms. The lowest BCUT2D eigenvalue weighted by atomic mass is 9.91. The monoisotopic (exact) mass is 436 g/mol. The molecular weight excluding hydrogens is 404 g/mol. The van der Waals surface area contributed by atoms with Crippen LogP contribution in [-0.4, -0.2) is 30.7 Å². The van der Waals surface area contributed by atoms with Crippen LogP contribution in [-0.2, 0) is 6.42 Å². The van der Waals surface area contributed by atoms with Gasteiger partial charge in [-0.2, -0.15) is 0 Å². The minimum Gasteiger partial charge on any atom is -0.507 e. The fourth-order valence-corrected chi connectivity index (χ4v) is 3.85. The van der Waals surface area contributed by atoms with E-state index in [4.69, 9.17) is 14.2 Å². The van der Waals surface area contributed by atoms with E-state index in [2.05, 4.69) is 39.0 Å². The zero-order valence-corrected chi connectivity index (χ0v) is 19.5. The predicted molar refractivity (Wildman–Crippen MR) is 127 cm³/mol. The average Bonchev–Trinajstić information content (AvgIpc) is 2.76. The average molecular weight is 437 g/mol. The molecule has 2 aromatic rings. The lowest BCUT2D eigenvalue weighted by molar-refractivity contribution is 0.0979. The van der Waals surface area contributed by atoms with Gasteiger partial charge < -0.3 is 19.3 Å². The van der Waals surface area contributed by atoms with E-state index >= 15 is 0 Å². The first-order valence-electron chi connectivity index (χ1n) is 10.9. The van der Waals surface area contributed by atoms with E-state index in [9.17, 15) is 9.90 Å². The van der Waals surface area contributed by atoms with Crippen molar-refractivity contribution < 1.29 is 24.1 Å². The third-order valence-electron chi connectivity index (χ3n) is 5.73. The van der Waals surface area contributed by atoms with E-state index < -0.39 is 5.60 Å². The van der Waals surface area contributed by atoms with Crippen LogP contribution in [0.3, 0.4) is 0 Å². The highest BCUT2D eigenvalue weighted by Crippen LogP contribution is 2.42. The third kappa shape index (κ3) is 5.34. The Hall–Kier alpha value is -3.21. The van der Waals surface area contributed by atoms with E-state index in [1.807, 2.05) is 12.1 Å². The summed E-state index contributed by atoms with van der Waals surface area (Å²) < 4.78 is 17.1. The van der Waals surface area contributed by atoms with Crippen LogP contribution in [0.25, 0.3) is 6.08 Å². The Bertz CT molecular complexity index is 1050. The van der Waals surface area contributed by atoms with Gasteiger partial charge in [-0.1, -0.05) is 23.8 Å². The summed E-state index contributed by atoms with van der Waals surface area (Å²) in [5, 5.41) is 10.2. The highest BCUT2D eigenvalue weighted by Gasteiger charge is 2.30. The number of carbonyl (C=O) groups is 1. The zero-order chi connectivity index (χ0) is 23.3. The van der Waals surface area contributed by atoms with E-state index in [1.165, 1.54) is 18.7 Å². The SMILES string of the molecule is COc1ccc(C(=O)CCc2ccc(OC)c3c2C=CC(C)(CCC=C(C)C)O3)c(O)c1. The van der Waals surface area contributed by atoms with Crippen LogP contribution in [0.2, 0.25) is 0 Å². The van der Waals surface area contributed by atoms with Gasteiger partial charge in [0.15, 0.2) is 17.3 Å². The van der Waals surface area contributed by atoms with Gasteiger partial charge in [0.2, 0.25) is 0 Å². The van der Waals surface area contributed by atoms with Crippen LogP contribution in [0, 0.1) is 0 Å². The molecule has 1 heterocycles. The minimum atomic E-state index is -0.421. The molecule has 1 atom stereocenters. The molecule has 1 unspecified atom stereocenters. The molecule has 3 rings (SSSR count). The summed E-state index contributed by atoms with van der Waals surface area (Å²) in [5.41, 5.74) is 3.11. The van der Waals surface area contributed by atoms with E-state index in [0.717, 1.165) is 24.0 Å². The molecule has 32 heavy (non-hydrogen) atoms. The number of phenolic OH excluding ortho intramolecular Hbond substituents is 1. The largest absolute Gasteiger partial charge is 0.507 e. The molecule has 5 heteroatoms. The van der Waals surface area contributed by atoms with Gasteiger partial charge in [0, 0.05) is 18.1 Å². The first-order valence-corrected chi connectivity index (χ1v) is 10.9. The topological polar surface area (TPSA) is 65.0 Å². The first-order chi connectivity index (χ1) is 15.3. The molecule has 2 aromatic carbocycles. The molecule has 1 aliphatic heterocycles. The van der Waals surface area contributed by atoms with Crippen LogP contribution in [0.4, 0.5) is 0 Å². The molecule has 0 spiro atoms. The lowest BCUT2D eigenvalue weighted by Gasteiger charge is -2.33. The number of carbonyl (C=O) groups excluding carboxylic acids is 1. The highest BCUT2D eigenvalue weighted by molar-refractivity contribution is 5.98. The summed E-state index contributed by atoms with van der Waals surface area (Å²) >= 11 is 0. The maximum absolute atomic E-state index is 12.7. The smallest absolute Gasteiger partial charge is 0.169 e. The number of aromatic hydroxyl groups is 1. The van der Waals surface area contributed by atoms with Crippen molar-refractivity contribution in [3.63, 3.8) is 0 Å². The Morgan fingerprint density at radius 3 is 2.59 bits per heavy atom. The molecule has 170 valence electrons. The number of phenols is 1. The molecular formula is C27H32O5. The normalized spacial score (nSPS) is 16.7. The summed E-state index contributed by atoms with van der Waals surface area (Å²) in [6.07, 6.45) is 8.97. The zero-order valence-electron chi connectivity index (χ0n) is 19.5. The second-order valence-electron chi connectivity index (χ2n) is 8.54. The summed E-state index contributed by atoms with van der Waals surface area (Å²) in [5.74, 6) is 1.72. The Kier molecular flexibility index (Phi) is 7.29. The van der Waals surface area contributed by atoms with Crippen LogP contribution in [0.5, 0.6) is 23.0 Å². The number of fused-ring (bicyclic) bond motifs is 1. The number of benzene rings is 2. The van der Waals surface area contributed by atoms with E-state index in [0.29, 0.717) is 29.2 Å². The fourth-order valence-electron chi connectivity index (χ4n) is 3.85.